The van der Waals surface area contributed by atoms with Gasteiger partial charge in [0, 0.05) is 48.3 Å². The smallest absolute Gasteiger partial charge is 0.338 e. The van der Waals surface area contributed by atoms with Gasteiger partial charge in [-0.05, 0) is 44.5 Å². The highest BCUT2D eigenvalue weighted by Gasteiger charge is 2.23. The zero-order chi connectivity index (χ0) is 21.3. The first-order chi connectivity index (χ1) is 14.5. The highest BCUT2D eigenvalue weighted by Crippen LogP contribution is 2.31. The molecule has 0 aromatic carbocycles. The van der Waals surface area contributed by atoms with E-state index in [0.29, 0.717) is 18.8 Å². The fourth-order valence-corrected chi connectivity index (χ4v) is 3.87. The van der Waals surface area contributed by atoms with Crippen LogP contribution in [0.4, 0.5) is 0 Å². The summed E-state index contributed by atoms with van der Waals surface area (Å²) in [4.78, 5) is 19.3. The Balaban J connectivity index is 1.88. The maximum atomic E-state index is 12.8. The van der Waals surface area contributed by atoms with Gasteiger partial charge < -0.3 is 18.8 Å². The molecule has 156 valence electrons. The van der Waals surface area contributed by atoms with Crippen molar-refractivity contribution in [3.8, 4) is 11.1 Å². The van der Waals surface area contributed by atoms with Crippen molar-refractivity contribution in [3.63, 3.8) is 0 Å². The Bertz CT molecular complexity index is 1080. The summed E-state index contributed by atoms with van der Waals surface area (Å²) in [5.41, 5.74) is 6.20. The first-order valence-electron chi connectivity index (χ1n) is 10.2. The monoisotopic (exact) mass is 405 g/mol. The van der Waals surface area contributed by atoms with Crippen LogP contribution in [0.25, 0.3) is 22.3 Å². The minimum absolute atomic E-state index is 0.184. The van der Waals surface area contributed by atoms with Gasteiger partial charge in [-0.2, -0.15) is 0 Å². The number of morpholine rings is 1. The molecule has 0 radical (unpaired) electrons. The molecule has 4 heterocycles. The third-order valence-electron chi connectivity index (χ3n) is 5.37. The summed E-state index contributed by atoms with van der Waals surface area (Å²) in [6.07, 6.45) is 5.50. The van der Waals surface area contributed by atoms with Gasteiger partial charge in [-0.25, -0.2) is 4.79 Å². The van der Waals surface area contributed by atoms with Gasteiger partial charge >= 0.3 is 5.97 Å². The van der Waals surface area contributed by atoms with Crippen LogP contribution in [0.15, 0.2) is 49.4 Å². The molecule has 6 nitrogen and oxygen atoms in total. The van der Waals surface area contributed by atoms with E-state index < -0.39 is 0 Å². The molecule has 0 atom stereocenters. The second-order valence-corrected chi connectivity index (χ2v) is 7.80. The zero-order valence-electron chi connectivity index (χ0n) is 17.7. The number of aromatic nitrogens is 2. The van der Waals surface area contributed by atoms with Gasteiger partial charge in [-0.3, -0.25) is 4.98 Å². The fourth-order valence-electron chi connectivity index (χ4n) is 3.87. The first kappa shape index (κ1) is 20.2. The molecule has 0 spiro atoms. The number of hydrogen-bond donors (Lipinski definition) is 0. The Morgan fingerprint density at radius 1 is 1.23 bits per heavy atom. The molecular weight excluding hydrogens is 378 g/mol. The molecule has 0 amide bonds. The Hall–Kier alpha value is -3.12. The van der Waals surface area contributed by atoms with Crippen LogP contribution in [0.1, 0.15) is 35.5 Å². The molecule has 0 unspecified atom stereocenters. The number of ether oxygens (including phenoxy) is 2. The maximum absolute atomic E-state index is 12.8. The first-order valence-corrected chi connectivity index (χ1v) is 10.2. The molecule has 1 fully saturated rings. The molecule has 3 aromatic heterocycles. The van der Waals surface area contributed by atoms with E-state index >= 15 is 0 Å². The van der Waals surface area contributed by atoms with Crippen molar-refractivity contribution in [1.82, 2.24) is 14.3 Å². The van der Waals surface area contributed by atoms with E-state index in [-0.39, 0.29) is 12.1 Å². The Morgan fingerprint density at radius 3 is 2.67 bits per heavy atom. The van der Waals surface area contributed by atoms with Crippen molar-refractivity contribution in [2.75, 3.05) is 26.3 Å². The molecule has 3 aromatic rings. The van der Waals surface area contributed by atoms with Gasteiger partial charge in [0.1, 0.15) is 0 Å². The molecule has 6 heteroatoms. The van der Waals surface area contributed by atoms with Crippen LogP contribution in [-0.2, 0) is 9.47 Å². The van der Waals surface area contributed by atoms with E-state index in [1.165, 1.54) is 0 Å². The molecule has 1 saturated heterocycles. The second kappa shape index (κ2) is 8.32. The van der Waals surface area contributed by atoms with Crippen LogP contribution < -0.4 is 0 Å². The van der Waals surface area contributed by atoms with Crippen LogP contribution >= 0.6 is 0 Å². The summed E-state index contributed by atoms with van der Waals surface area (Å²) < 4.78 is 13.1. The number of esters is 1. The van der Waals surface area contributed by atoms with Crippen molar-refractivity contribution in [3.05, 3.63) is 66.3 Å². The highest BCUT2D eigenvalue weighted by atomic mass is 16.5. The predicted octanol–water partition coefficient (Wildman–Crippen LogP) is 4.18. The Labute approximate surface area is 176 Å². The van der Waals surface area contributed by atoms with Gasteiger partial charge in [0.05, 0.1) is 36.3 Å². The van der Waals surface area contributed by atoms with E-state index in [4.69, 9.17) is 9.47 Å². The van der Waals surface area contributed by atoms with Crippen LogP contribution in [0.5, 0.6) is 0 Å². The van der Waals surface area contributed by atoms with Crippen molar-refractivity contribution < 1.29 is 14.3 Å². The quantitative estimate of drug-likeness (QED) is 0.596. The number of rotatable bonds is 5. The van der Waals surface area contributed by atoms with Gasteiger partial charge in [0.25, 0.3) is 0 Å². The lowest BCUT2D eigenvalue weighted by molar-refractivity contribution is 0.0377. The number of pyridine rings is 2. The van der Waals surface area contributed by atoms with Crippen LogP contribution in [-0.4, -0.2) is 52.7 Å². The molecule has 1 aliphatic rings. The number of carbonyl (C=O) groups excluding carboxylic acids is 1. The minimum Gasteiger partial charge on any atom is -0.459 e. The average molecular weight is 405 g/mol. The number of fused-ring (bicyclic) bond motifs is 1. The molecule has 0 aliphatic carbocycles. The van der Waals surface area contributed by atoms with Crippen LogP contribution in [0.2, 0.25) is 0 Å². The largest absolute Gasteiger partial charge is 0.459 e. The number of carbonyl (C=O) groups is 1. The third kappa shape index (κ3) is 3.83. The third-order valence-corrected chi connectivity index (χ3v) is 5.37. The van der Waals surface area contributed by atoms with Crippen molar-refractivity contribution in [2.45, 2.75) is 26.9 Å². The van der Waals surface area contributed by atoms with Crippen molar-refractivity contribution in [1.29, 1.82) is 0 Å². The Kier molecular flexibility index (Phi) is 5.59. The predicted molar refractivity (Wildman–Crippen MR) is 117 cm³/mol. The lowest BCUT2D eigenvalue weighted by atomic mass is 10.0. The summed E-state index contributed by atoms with van der Waals surface area (Å²) in [6.45, 7) is 13.0. The van der Waals surface area contributed by atoms with E-state index in [9.17, 15) is 4.79 Å². The van der Waals surface area contributed by atoms with Gasteiger partial charge in [0.15, 0.2) is 0 Å². The van der Waals surface area contributed by atoms with Crippen molar-refractivity contribution in [2.24, 2.45) is 0 Å². The molecule has 0 N–H and O–H groups in total. The summed E-state index contributed by atoms with van der Waals surface area (Å²) in [5, 5.41) is 0. The number of hydrogen-bond acceptors (Lipinski definition) is 5. The zero-order valence-corrected chi connectivity index (χ0v) is 17.7. The minimum atomic E-state index is -0.315. The van der Waals surface area contributed by atoms with Crippen LogP contribution in [0, 0.1) is 6.92 Å². The SMILES string of the molecule is C=C(c1c(C)c(C(=O)OC(C)C)cc2cc(-c3cccnc3)cn12)N1CCOCC1. The second-order valence-electron chi connectivity index (χ2n) is 7.80. The molecule has 0 bridgehead atoms. The number of nitrogens with zero attached hydrogens (tertiary/aromatic N) is 3. The summed E-state index contributed by atoms with van der Waals surface area (Å²) >= 11 is 0. The topological polar surface area (TPSA) is 56.1 Å². The van der Waals surface area contributed by atoms with Gasteiger partial charge in [0.2, 0.25) is 0 Å². The lowest BCUT2D eigenvalue weighted by Crippen LogP contribution is -2.35. The normalized spacial score (nSPS) is 14.3. The van der Waals surface area contributed by atoms with E-state index in [1.807, 2.05) is 45.2 Å². The average Bonchev–Trinajstić information content (AvgIpc) is 3.17. The maximum Gasteiger partial charge on any atom is 0.338 e. The summed E-state index contributed by atoms with van der Waals surface area (Å²) in [7, 11) is 0. The molecule has 30 heavy (non-hydrogen) atoms. The molecular formula is C24H27N3O3. The summed E-state index contributed by atoms with van der Waals surface area (Å²) in [6, 6.07) is 7.91. The van der Waals surface area contributed by atoms with E-state index in [1.54, 1.807) is 6.20 Å². The van der Waals surface area contributed by atoms with Gasteiger partial charge in [-0.15, -0.1) is 0 Å². The fraction of sp³-hybridized carbons (Fsp3) is 0.333. The van der Waals surface area contributed by atoms with Crippen LogP contribution in [0.3, 0.4) is 0 Å². The van der Waals surface area contributed by atoms with E-state index in [2.05, 4.69) is 33.1 Å². The Morgan fingerprint density at radius 2 is 2.00 bits per heavy atom. The van der Waals surface area contributed by atoms with Crippen molar-refractivity contribution >= 4 is 17.2 Å². The van der Waals surface area contributed by atoms with Gasteiger partial charge in [-0.1, -0.05) is 12.6 Å². The molecule has 0 saturated carbocycles. The standard InChI is InChI=1S/C24H27N3O3/c1-16(2)30-24(28)22-13-21-12-20(19-6-5-7-25-14-19)15-27(21)23(17(22)3)18(4)26-8-10-29-11-9-26/h5-7,12-16H,4,8-11H2,1-3H3. The van der Waals surface area contributed by atoms with E-state index in [0.717, 1.165) is 46.7 Å². The highest BCUT2D eigenvalue weighted by molar-refractivity contribution is 5.94. The summed E-state index contributed by atoms with van der Waals surface area (Å²) in [5.74, 6) is -0.315. The molecule has 1 aliphatic heterocycles. The lowest BCUT2D eigenvalue weighted by Gasteiger charge is -2.31. The molecule has 4 rings (SSSR count).